The van der Waals surface area contributed by atoms with Crippen molar-refractivity contribution in [3.05, 3.63) is 35.4 Å². The lowest BCUT2D eigenvalue weighted by Crippen LogP contribution is -2.38. The van der Waals surface area contributed by atoms with Gasteiger partial charge in [0, 0.05) is 32.7 Å². The highest BCUT2D eigenvalue weighted by Crippen LogP contribution is 2.07. The van der Waals surface area contributed by atoms with E-state index in [2.05, 4.69) is 20.4 Å². The number of hydrogen-bond donors (Lipinski definition) is 2. The van der Waals surface area contributed by atoms with Gasteiger partial charge in [-0.3, -0.25) is 14.6 Å². The first kappa shape index (κ1) is 20.5. The van der Waals surface area contributed by atoms with E-state index in [9.17, 15) is 9.59 Å². The first-order valence-corrected chi connectivity index (χ1v) is 8.37. The van der Waals surface area contributed by atoms with Crippen molar-refractivity contribution >= 4 is 17.8 Å². The van der Waals surface area contributed by atoms with Gasteiger partial charge >= 0.3 is 5.97 Å². The minimum Gasteiger partial charge on any atom is -0.469 e. The van der Waals surface area contributed by atoms with Crippen molar-refractivity contribution < 1.29 is 14.3 Å². The highest BCUT2D eigenvalue weighted by molar-refractivity contribution is 5.94. The Balaban J connectivity index is 2.55. The lowest BCUT2D eigenvalue weighted by atomic mass is 10.1. The molecule has 7 heteroatoms. The molecule has 7 nitrogen and oxygen atoms in total. The zero-order chi connectivity index (χ0) is 18.7. The molecule has 0 unspecified atom stereocenters. The molecule has 1 amide bonds. The standard InChI is InChI=1S/C18H28N4O3/c1-5-19-18(21-12-10-16(23)25-4)20-11-9-14-7-6-8-15(13-14)17(24)22(2)3/h6-8,13H,5,9-12H2,1-4H3,(H2,19,20,21). The number of amides is 1. The number of carbonyl (C=O) groups is 2. The van der Waals surface area contributed by atoms with Gasteiger partial charge in [0.2, 0.25) is 0 Å². The molecule has 0 bridgehead atoms. The van der Waals surface area contributed by atoms with Gasteiger partial charge in [-0.1, -0.05) is 12.1 Å². The summed E-state index contributed by atoms with van der Waals surface area (Å²) >= 11 is 0. The molecule has 0 atom stereocenters. The van der Waals surface area contributed by atoms with Crippen molar-refractivity contribution in [3.8, 4) is 0 Å². The van der Waals surface area contributed by atoms with Crippen molar-refractivity contribution in [2.75, 3.05) is 40.8 Å². The molecule has 138 valence electrons. The van der Waals surface area contributed by atoms with Crippen molar-refractivity contribution in [3.63, 3.8) is 0 Å². The number of nitrogens with zero attached hydrogens (tertiary/aromatic N) is 2. The fourth-order valence-corrected chi connectivity index (χ4v) is 2.15. The van der Waals surface area contributed by atoms with Crippen LogP contribution in [0, 0.1) is 0 Å². The lowest BCUT2D eigenvalue weighted by molar-refractivity contribution is -0.140. The van der Waals surface area contributed by atoms with Crippen LogP contribution >= 0.6 is 0 Å². The summed E-state index contributed by atoms with van der Waals surface area (Å²) < 4.78 is 4.60. The molecule has 0 saturated carbocycles. The van der Waals surface area contributed by atoms with Crippen LogP contribution in [0.3, 0.4) is 0 Å². The summed E-state index contributed by atoms with van der Waals surface area (Å²) in [5, 5.41) is 6.35. The molecule has 0 aliphatic carbocycles. The molecular formula is C18H28N4O3. The molecule has 2 N–H and O–H groups in total. The topological polar surface area (TPSA) is 83.0 Å². The highest BCUT2D eigenvalue weighted by Gasteiger charge is 2.08. The van der Waals surface area contributed by atoms with E-state index in [1.165, 1.54) is 7.11 Å². The molecule has 1 aromatic carbocycles. The molecule has 1 rings (SSSR count). The van der Waals surface area contributed by atoms with E-state index in [1.807, 2.05) is 31.2 Å². The van der Waals surface area contributed by atoms with E-state index in [0.717, 1.165) is 18.5 Å². The Morgan fingerprint density at radius 3 is 2.64 bits per heavy atom. The fraction of sp³-hybridized carbons (Fsp3) is 0.500. The van der Waals surface area contributed by atoms with Gasteiger partial charge in [0.15, 0.2) is 5.96 Å². The van der Waals surface area contributed by atoms with E-state index < -0.39 is 0 Å². The van der Waals surface area contributed by atoms with Gasteiger partial charge < -0.3 is 20.3 Å². The average molecular weight is 348 g/mol. The number of methoxy groups -OCH3 is 1. The minimum atomic E-state index is -0.276. The Morgan fingerprint density at radius 1 is 1.24 bits per heavy atom. The second-order valence-corrected chi connectivity index (χ2v) is 5.66. The highest BCUT2D eigenvalue weighted by atomic mass is 16.5. The Bertz CT molecular complexity index is 600. The van der Waals surface area contributed by atoms with Gasteiger partial charge in [0.05, 0.1) is 20.1 Å². The van der Waals surface area contributed by atoms with Crippen LogP contribution in [0.2, 0.25) is 0 Å². The van der Waals surface area contributed by atoms with Gasteiger partial charge in [-0.05, 0) is 31.0 Å². The van der Waals surface area contributed by atoms with Gasteiger partial charge in [-0.15, -0.1) is 0 Å². The SMILES string of the molecule is CCNC(=NCCC(=O)OC)NCCc1cccc(C(=O)N(C)C)c1. The Morgan fingerprint density at radius 2 is 2.00 bits per heavy atom. The summed E-state index contributed by atoms with van der Waals surface area (Å²) in [4.78, 5) is 29.0. The summed E-state index contributed by atoms with van der Waals surface area (Å²) in [5.41, 5.74) is 1.76. The van der Waals surface area contributed by atoms with Crippen molar-refractivity contribution in [1.82, 2.24) is 15.5 Å². The van der Waals surface area contributed by atoms with Gasteiger partial charge in [-0.25, -0.2) is 0 Å². The lowest BCUT2D eigenvalue weighted by Gasteiger charge is -2.13. The van der Waals surface area contributed by atoms with Crippen molar-refractivity contribution in [2.45, 2.75) is 19.8 Å². The number of nitrogens with one attached hydrogen (secondary N) is 2. The van der Waals surface area contributed by atoms with Gasteiger partial charge in [0.25, 0.3) is 5.91 Å². The number of ether oxygens (including phenoxy) is 1. The minimum absolute atomic E-state index is 0.00693. The third-order valence-corrected chi connectivity index (χ3v) is 3.44. The number of esters is 1. The first-order valence-electron chi connectivity index (χ1n) is 8.37. The quantitative estimate of drug-likeness (QED) is 0.417. The van der Waals surface area contributed by atoms with Gasteiger partial charge in [0.1, 0.15) is 0 Å². The molecule has 0 aromatic heterocycles. The molecular weight excluding hydrogens is 320 g/mol. The van der Waals surface area contributed by atoms with Crippen LogP contribution < -0.4 is 10.6 Å². The summed E-state index contributed by atoms with van der Waals surface area (Å²) in [6.07, 6.45) is 1.01. The van der Waals surface area contributed by atoms with Crippen LogP contribution in [-0.2, 0) is 16.0 Å². The maximum Gasteiger partial charge on any atom is 0.307 e. The fourth-order valence-electron chi connectivity index (χ4n) is 2.15. The summed E-state index contributed by atoms with van der Waals surface area (Å²) in [7, 11) is 4.85. The van der Waals surface area contributed by atoms with Crippen LogP contribution in [0.15, 0.2) is 29.3 Å². The number of guanidine groups is 1. The largest absolute Gasteiger partial charge is 0.469 e. The molecule has 0 heterocycles. The average Bonchev–Trinajstić information content (AvgIpc) is 2.61. The molecule has 0 spiro atoms. The molecule has 1 aromatic rings. The van der Waals surface area contributed by atoms with E-state index in [-0.39, 0.29) is 18.3 Å². The van der Waals surface area contributed by atoms with Crippen molar-refractivity contribution in [2.24, 2.45) is 4.99 Å². The molecule has 0 radical (unpaired) electrons. The predicted octanol–water partition coefficient (Wildman–Crippen LogP) is 1.05. The zero-order valence-corrected chi connectivity index (χ0v) is 15.5. The van der Waals surface area contributed by atoms with Crippen LogP contribution in [-0.4, -0.2) is 63.6 Å². The van der Waals surface area contributed by atoms with Crippen LogP contribution in [0.4, 0.5) is 0 Å². The van der Waals surface area contributed by atoms with E-state index >= 15 is 0 Å². The molecule has 0 saturated heterocycles. The van der Waals surface area contributed by atoms with Crippen LogP contribution in [0.25, 0.3) is 0 Å². The monoisotopic (exact) mass is 348 g/mol. The second-order valence-electron chi connectivity index (χ2n) is 5.66. The molecule has 0 aliphatic rings. The molecule has 25 heavy (non-hydrogen) atoms. The number of hydrogen-bond acceptors (Lipinski definition) is 4. The van der Waals surface area contributed by atoms with E-state index in [1.54, 1.807) is 19.0 Å². The number of benzene rings is 1. The normalized spacial score (nSPS) is 11.0. The molecule has 0 fully saturated rings. The first-order chi connectivity index (χ1) is 12.0. The smallest absolute Gasteiger partial charge is 0.307 e. The number of rotatable bonds is 8. The van der Waals surface area contributed by atoms with Crippen LogP contribution in [0.5, 0.6) is 0 Å². The zero-order valence-electron chi connectivity index (χ0n) is 15.5. The maximum absolute atomic E-state index is 12.0. The third kappa shape index (κ3) is 7.69. The van der Waals surface area contributed by atoms with E-state index in [0.29, 0.717) is 24.6 Å². The third-order valence-electron chi connectivity index (χ3n) is 3.44. The Labute approximate surface area is 149 Å². The number of carbonyl (C=O) groups excluding carboxylic acids is 2. The predicted molar refractivity (Wildman–Crippen MR) is 98.8 cm³/mol. The Kier molecular flexibility index (Phi) is 9.06. The second kappa shape index (κ2) is 11.1. The van der Waals surface area contributed by atoms with Crippen LogP contribution in [0.1, 0.15) is 29.3 Å². The van der Waals surface area contributed by atoms with Gasteiger partial charge in [-0.2, -0.15) is 0 Å². The number of aliphatic imine (C=N–C) groups is 1. The Hall–Kier alpha value is -2.57. The summed E-state index contributed by atoms with van der Waals surface area (Å²) in [5.74, 6) is 0.376. The van der Waals surface area contributed by atoms with E-state index in [4.69, 9.17) is 0 Å². The summed E-state index contributed by atoms with van der Waals surface area (Å²) in [6.45, 7) is 3.75. The maximum atomic E-state index is 12.0. The van der Waals surface area contributed by atoms with Crippen molar-refractivity contribution in [1.29, 1.82) is 0 Å². The molecule has 0 aliphatic heterocycles. The summed E-state index contributed by atoms with van der Waals surface area (Å²) in [6, 6.07) is 7.61.